The standard InChI is InChI=1S/C16H14F2N5O2/c1-2-24-15-14(11-4-3-5-13(6-11)25-16(17)18)22-12(7-20-15)8-23-10-19-9-21-23/h3-7,9,16H,2,8H2,1H3. The Morgan fingerprint density at radius 1 is 1.32 bits per heavy atom. The van der Waals surface area contributed by atoms with Gasteiger partial charge in [-0.1, -0.05) is 12.1 Å². The highest BCUT2D eigenvalue weighted by atomic mass is 19.3. The second kappa shape index (κ2) is 7.65. The van der Waals surface area contributed by atoms with Crippen LogP contribution in [0.4, 0.5) is 8.78 Å². The number of rotatable bonds is 7. The Bertz CT molecular complexity index is 827. The Morgan fingerprint density at radius 2 is 2.20 bits per heavy atom. The van der Waals surface area contributed by atoms with E-state index in [2.05, 4.69) is 31.1 Å². The molecule has 0 aliphatic heterocycles. The fourth-order valence-electron chi connectivity index (χ4n) is 2.18. The molecule has 0 amide bonds. The molecule has 7 nitrogen and oxygen atoms in total. The topological polar surface area (TPSA) is 75.0 Å². The zero-order valence-electron chi connectivity index (χ0n) is 13.3. The summed E-state index contributed by atoms with van der Waals surface area (Å²) >= 11 is 0. The van der Waals surface area contributed by atoms with Crippen molar-refractivity contribution in [1.29, 1.82) is 0 Å². The van der Waals surface area contributed by atoms with E-state index in [9.17, 15) is 8.78 Å². The van der Waals surface area contributed by atoms with Crippen LogP contribution in [0.2, 0.25) is 0 Å². The average Bonchev–Trinajstić information content (AvgIpc) is 3.09. The molecule has 0 N–H and O–H groups in total. The van der Waals surface area contributed by atoms with Gasteiger partial charge in [-0.05, 0) is 19.1 Å². The molecule has 2 aromatic heterocycles. The number of halogens is 2. The lowest BCUT2D eigenvalue weighted by molar-refractivity contribution is -0.0498. The van der Waals surface area contributed by atoms with Crippen molar-refractivity contribution in [2.75, 3.05) is 6.61 Å². The minimum absolute atomic E-state index is 0.0340. The molecule has 25 heavy (non-hydrogen) atoms. The van der Waals surface area contributed by atoms with E-state index in [0.29, 0.717) is 36.0 Å². The van der Waals surface area contributed by atoms with Crippen LogP contribution in [-0.4, -0.2) is 38.0 Å². The molecule has 3 aromatic rings. The van der Waals surface area contributed by atoms with Gasteiger partial charge in [-0.2, -0.15) is 13.9 Å². The number of hydrogen-bond acceptors (Lipinski definition) is 6. The van der Waals surface area contributed by atoms with E-state index in [1.54, 1.807) is 18.3 Å². The average molecular weight is 346 g/mol. The molecule has 0 fully saturated rings. The lowest BCUT2D eigenvalue weighted by atomic mass is 10.1. The van der Waals surface area contributed by atoms with Gasteiger partial charge in [-0.3, -0.25) is 0 Å². The molecule has 0 saturated heterocycles. The van der Waals surface area contributed by atoms with Gasteiger partial charge in [0.05, 0.1) is 25.0 Å². The van der Waals surface area contributed by atoms with Gasteiger partial charge in [-0.15, -0.1) is 0 Å². The molecule has 0 aliphatic rings. The van der Waals surface area contributed by atoms with Crippen molar-refractivity contribution in [2.45, 2.75) is 20.1 Å². The second-order valence-electron chi connectivity index (χ2n) is 4.87. The number of hydrogen-bond donors (Lipinski definition) is 0. The van der Waals surface area contributed by atoms with Gasteiger partial charge in [0.15, 0.2) is 6.33 Å². The normalized spacial score (nSPS) is 10.9. The van der Waals surface area contributed by atoms with Crippen molar-refractivity contribution >= 4 is 0 Å². The maximum Gasteiger partial charge on any atom is 0.387 e. The first-order chi connectivity index (χ1) is 12.2. The van der Waals surface area contributed by atoms with E-state index in [-0.39, 0.29) is 5.75 Å². The van der Waals surface area contributed by atoms with E-state index in [0.717, 1.165) is 0 Å². The summed E-state index contributed by atoms with van der Waals surface area (Å²) in [5, 5.41) is 3.97. The molecule has 9 heteroatoms. The molecule has 3 rings (SSSR count). The number of alkyl halides is 2. The third kappa shape index (κ3) is 4.25. The summed E-state index contributed by atoms with van der Waals surface area (Å²) in [4.78, 5) is 12.5. The number of nitrogens with zero attached hydrogens (tertiary/aromatic N) is 5. The summed E-state index contributed by atoms with van der Waals surface area (Å²) in [6.45, 7) is -0.368. The summed E-state index contributed by atoms with van der Waals surface area (Å²) in [6, 6.07) is 6.22. The third-order valence-corrected chi connectivity index (χ3v) is 3.14. The van der Waals surface area contributed by atoms with Crippen molar-refractivity contribution in [1.82, 2.24) is 24.7 Å². The summed E-state index contributed by atoms with van der Waals surface area (Å²) in [5.74, 6) is 0.342. The molecule has 0 aliphatic carbocycles. The number of benzene rings is 1. The Hall–Kier alpha value is -3.10. The Balaban J connectivity index is 1.97. The highest BCUT2D eigenvalue weighted by Gasteiger charge is 2.14. The van der Waals surface area contributed by atoms with Crippen molar-refractivity contribution in [2.24, 2.45) is 0 Å². The minimum atomic E-state index is -2.90. The van der Waals surface area contributed by atoms with Crippen LogP contribution in [0.25, 0.3) is 11.3 Å². The lowest BCUT2D eigenvalue weighted by Gasteiger charge is -2.11. The SMILES string of the molecule is CCOc1ncc(Cn2[c]ncn2)nc1-c1cccc(OC(F)F)c1. The first kappa shape index (κ1) is 16.7. The van der Waals surface area contributed by atoms with E-state index in [1.807, 2.05) is 6.92 Å². The van der Waals surface area contributed by atoms with Crippen LogP contribution in [0.5, 0.6) is 11.6 Å². The van der Waals surface area contributed by atoms with Crippen LogP contribution in [0.1, 0.15) is 12.6 Å². The van der Waals surface area contributed by atoms with E-state index >= 15 is 0 Å². The first-order valence-corrected chi connectivity index (χ1v) is 7.45. The predicted molar refractivity (Wildman–Crippen MR) is 83.2 cm³/mol. The largest absolute Gasteiger partial charge is 0.476 e. The van der Waals surface area contributed by atoms with Gasteiger partial charge >= 0.3 is 6.61 Å². The Morgan fingerprint density at radius 3 is 2.92 bits per heavy atom. The van der Waals surface area contributed by atoms with Crippen LogP contribution in [-0.2, 0) is 6.54 Å². The van der Waals surface area contributed by atoms with E-state index < -0.39 is 6.61 Å². The van der Waals surface area contributed by atoms with Crippen LogP contribution in [0.3, 0.4) is 0 Å². The summed E-state index contributed by atoms with van der Waals surface area (Å²) in [5.41, 5.74) is 1.58. The zero-order chi connectivity index (χ0) is 17.6. The highest BCUT2D eigenvalue weighted by Crippen LogP contribution is 2.29. The Labute approximate surface area is 142 Å². The molecular formula is C16H14F2N5O2. The molecule has 0 atom stereocenters. The van der Waals surface area contributed by atoms with E-state index in [4.69, 9.17) is 4.74 Å². The van der Waals surface area contributed by atoms with Gasteiger partial charge in [0.2, 0.25) is 5.88 Å². The Kier molecular flexibility index (Phi) is 5.12. The molecule has 0 spiro atoms. The minimum Gasteiger partial charge on any atom is -0.476 e. The molecule has 0 bridgehead atoms. The fourth-order valence-corrected chi connectivity index (χ4v) is 2.18. The summed E-state index contributed by atoms with van der Waals surface area (Å²) < 4.78 is 36.3. The van der Waals surface area contributed by atoms with Crippen LogP contribution >= 0.6 is 0 Å². The van der Waals surface area contributed by atoms with Gasteiger partial charge in [0.1, 0.15) is 17.8 Å². The van der Waals surface area contributed by atoms with Crippen LogP contribution in [0, 0.1) is 6.33 Å². The first-order valence-electron chi connectivity index (χ1n) is 7.45. The second-order valence-corrected chi connectivity index (χ2v) is 4.87. The predicted octanol–water partition coefficient (Wildman–Crippen LogP) is 2.58. The zero-order valence-corrected chi connectivity index (χ0v) is 13.3. The van der Waals surface area contributed by atoms with Crippen molar-refractivity contribution in [3.05, 3.63) is 48.8 Å². The van der Waals surface area contributed by atoms with Crippen LogP contribution < -0.4 is 9.47 Å². The summed E-state index contributed by atoms with van der Waals surface area (Å²) in [7, 11) is 0. The molecule has 0 saturated carbocycles. The molecule has 0 unspecified atom stereocenters. The van der Waals surface area contributed by atoms with Gasteiger partial charge in [0.25, 0.3) is 0 Å². The molecule has 1 radical (unpaired) electrons. The van der Waals surface area contributed by atoms with Gasteiger partial charge in [-0.25, -0.2) is 19.6 Å². The van der Waals surface area contributed by atoms with Crippen LogP contribution in [0.15, 0.2) is 36.8 Å². The highest BCUT2D eigenvalue weighted by molar-refractivity contribution is 5.66. The quantitative estimate of drug-likeness (QED) is 0.655. The van der Waals surface area contributed by atoms with Crippen molar-refractivity contribution in [3.8, 4) is 22.9 Å². The maximum absolute atomic E-state index is 12.4. The number of aromatic nitrogens is 5. The monoisotopic (exact) mass is 346 g/mol. The molecule has 1 aromatic carbocycles. The molecule has 129 valence electrons. The number of ether oxygens (including phenoxy) is 2. The van der Waals surface area contributed by atoms with Gasteiger partial charge in [0, 0.05) is 5.56 Å². The fraction of sp³-hybridized carbons (Fsp3) is 0.250. The summed E-state index contributed by atoms with van der Waals surface area (Å²) in [6.07, 6.45) is 5.60. The lowest BCUT2D eigenvalue weighted by Crippen LogP contribution is -2.07. The van der Waals surface area contributed by atoms with Crippen molar-refractivity contribution < 1.29 is 18.3 Å². The maximum atomic E-state index is 12.4. The third-order valence-electron chi connectivity index (χ3n) is 3.14. The van der Waals surface area contributed by atoms with Gasteiger partial charge < -0.3 is 9.47 Å². The van der Waals surface area contributed by atoms with Crippen molar-refractivity contribution in [3.63, 3.8) is 0 Å². The molecule has 2 heterocycles. The smallest absolute Gasteiger partial charge is 0.387 e. The molecular weight excluding hydrogens is 332 g/mol. The van der Waals surface area contributed by atoms with E-state index in [1.165, 1.54) is 23.1 Å².